The van der Waals surface area contributed by atoms with E-state index >= 15 is 0 Å². The van der Waals surface area contributed by atoms with E-state index in [0.29, 0.717) is 54.3 Å². The molecule has 0 aromatic heterocycles. The van der Waals surface area contributed by atoms with E-state index in [1.165, 1.54) is 4.31 Å². The smallest absolute Gasteiger partial charge is 0.243 e. The van der Waals surface area contributed by atoms with Crippen LogP contribution in [-0.2, 0) is 28.5 Å². The van der Waals surface area contributed by atoms with Crippen molar-refractivity contribution in [3.63, 3.8) is 0 Å². The Labute approximate surface area is 311 Å². The van der Waals surface area contributed by atoms with Gasteiger partial charge in [0.05, 0.1) is 49.5 Å². The first-order chi connectivity index (χ1) is 25.1. The molecule has 4 aromatic rings. The summed E-state index contributed by atoms with van der Waals surface area (Å²) in [7, 11) is -0.826. The highest BCUT2D eigenvalue weighted by atomic mass is 35.5. The van der Waals surface area contributed by atoms with Crippen LogP contribution in [0, 0.1) is 11.8 Å². The highest BCUT2D eigenvalue weighted by Gasteiger charge is 2.45. The molecule has 1 spiro atoms. The molecule has 2 aliphatic heterocycles. The molecule has 0 saturated heterocycles. The second-order valence-corrected chi connectivity index (χ2v) is 16.4. The van der Waals surface area contributed by atoms with Crippen molar-refractivity contribution in [1.29, 1.82) is 0 Å². The summed E-state index contributed by atoms with van der Waals surface area (Å²) in [4.78, 5) is 2.45. The molecule has 0 radical (unpaired) electrons. The number of halogens is 1. The van der Waals surface area contributed by atoms with E-state index in [-0.39, 0.29) is 29.8 Å². The Hall–Kier alpha value is -4.22. The number of rotatable bonds is 12. The lowest BCUT2D eigenvalue weighted by molar-refractivity contribution is 0.0458. The highest BCUT2D eigenvalue weighted by molar-refractivity contribution is 7.89. The van der Waals surface area contributed by atoms with E-state index in [2.05, 4.69) is 11.5 Å². The molecule has 2 heterocycles. The summed E-state index contributed by atoms with van der Waals surface area (Å²) in [6.07, 6.45) is 3.60. The molecular weight excluding hydrogens is 700 g/mol. The molecule has 3 aliphatic rings. The van der Waals surface area contributed by atoms with Crippen LogP contribution in [0.2, 0.25) is 5.02 Å². The topological polar surface area (TPSA) is 97.8 Å². The van der Waals surface area contributed by atoms with Crippen molar-refractivity contribution >= 4 is 27.3 Å². The maximum atomic E-state index is 14.8. The third kappa shape index (κ3) is 7.22. The average Bonchev–Trinajstić information content (AvgIpc) is 3.30. The second kappa shape index (κ2) is 15.0. The largest absolute Gasteiger partial charge is 0.497 e. The third-order valence-corrected chi connectivity index (χ3v) is 12.9. The van der Waals surface area contributed by atoms with Crippen molar-refractivity contribution in [3.05, 3.63) is 119 Å². The number of benzene rings is 4. The quantitative estimate of drug-likeness (QED) is 0.152. The van der Waals surface area contributed by atoms with Crippen LogP contribution in [0.4, 0.5) is 5.69 Å². The molecule has 1 N–H and O–H groups in total. The fourth-order valence-corrected chi connectivity index (χ4v) is 9.33. The van der Waals surface area contributed by atoms with Gasteiger partial charge in [-0.05, 0) is 96.8 Å². The van der Waals surface area contributed by atoms with Crippen molar-refractivity contribution in [2.75, 3.05) is 45.4 Å². The zero-order chi connectivity index (χ0) is 36.5. The van der Waals surface area contributed by atoms with Crippen LogP contribution < -0.4 is 23.8 Å². The Morgan fingerprint density at radius 3 is 2.21 bits per heavy atom. The Kier molecular flexibility index (Phi) is 10.4. The maximum Gasteiger partial charge on any atom is 0.243 e. The Bertz CT molecular complexity index is 1960. The van der Waals surface area contributed by atoms with Gasteiger partial charge in [-0.15, -0.1) is 6.58 Å². The molecule has 52 heavy (non-hydrogen) atoms. The Morgan fingerprint density at radius 1 is 0.942 bits per heavy atom. The molecule has 4 atom stereocenters. The third-order valence-electron chi connectivity index (χ3n) is 10.9. The first-order valence-corrected chi connectivity index (χ1v) is 19.5. The SMILES string of the molecule is C=C[C@@H](O)[C@@H]1CC[C@H]1CN1C[C@@]2(CCOc3cc(Cl)ccc32)COc2ccc(S(=O)(=O)N(Cc3ccc(OC)cc3)Cc3ccc(OC)cc3)cc21. The zero-order valence-corrected chi connectivity index (χ0v) is 31.1. The fraction of sp³-hybridized carbons (Fsp3) is 0.366. The summed E-state index contributed by atoms with van der Waals surface area (Å²) in [6.45, 7) is 6.25. The van der Waals surface area contributed by atoms with E-state index in [1.807, 2.05) is 66.7 Å². The molecule has 274 valence electrons. The van der Waals surface area contributed by atoms with Crippen LogP contribution in [-0.4, -0.2) is 64.5 Å². The van der Waals surface area contributed by atoms with Gasteiger partial charge in [0.15, 0.2) is 0 Å². The van der Waals surface area contributed by atoms with Gasteiger partial charge in [0.2, 0.25) is 10.0 Å². The summed E-state index contributed by atoms with van der Waals surface area (Å²) in [6, 6.07) is 25.8. The van der Waals surface area contributed by atoms with Crippen LogP contribution in [0.5, 0.6) is 23.0 Å². The van der Waals surface area contributed by atoms with E-state index < -0.39 is 21.5 Å². The lowest BCUT2D eigenvalue weighted by atomic mass is 9.70. The van der Waals surface area contributed by atoms with Gasteiger partial charge in [-0.2, -0.15) is 4.31 Å². The second-order valence-electron chi connectivity index (χ2n) is 14.0. The summed E-state index contributed by atoms with van der Waals surface area (Å²) in [5, 5.41) is 11.4. The first-order valence-electron chi connectivity index (χ1n) is 17.6. The molecule has 0 amide bonds. The number of sulfonamides is 1. The number of fused-ring (bicyclic) bond motifs is 3. The predicted octanol–water partition coefficient (Wildman–Crippen LogP) is 7.24. The van der Waals surface area contributed by atoms with Gasteiger partial charge in [0.1, 0.15) is 23.0 Å². The molecule has 7 rings (SSSR count). The zero-order valence-electron chi connectivity index (χ0n) is 29.5. The molecule has 11 heteroatoms. The molecule has 4 aromatic carbocycles. The summed E-state index contributed by atoms with van der Waals surface area (Å²) < 4.78 is 54.4. The normalized spacial score (nSPS) is 21.5. The summed E-state index contributed by atoms with van der Waals surface area (Å²) in [5.41, 5.74) is 2.97. The van der Waals surface area contributed by atoms with Gasteiger partial charge in [0.25, 0.3) is 0 Å². The van der Waals surface area contributed by atoms with Crippen LogP contribution in [0.25, 0.3) is 0 Å². The molecule has 1 aliphatic carbocycles. The minimum atomic E-state index is -4.03. The minimum absolute atomic E-state index is 0.0817. The minimum Gasteiger partial charge on any atom is -0.497 e. The molecule has 9 nitrogen and oxygen atoms in total. The maximum absolute atomic E-state index is 14.8. The van der Waals surface area contributed by atoms with E-state index in [1.54, 1.807) is 38.5 Å². The van der Waals surface area contributed by atoms with Crippen molar-refractivity contribution in [3.8, 4) is 23.0 Å². The van der Waals surface area contributed by atoms with Gasteiger partial charge in [-0.25, -0.2) is 8.42 Å². The highest BCUT2D eigenvalue weighted by Crippen LogP contribution is 2.47. The number of aliphatic hydroxyl groups excluding tert-OH is 1. The van der Waals surface area contributed by atoms with Crippen LogP contribution >= 0.6 is 11.6 Å². The molecule has 0 unspecified atom stereocenters. The summed E-state index contributed by atoms with van der Waals surface area (Å²) in [5.74, 6) is 3.03. The van der Waals surface area contributed by atoms with Gasteiger partial charge >= 0.3 is 0 Å². The van der Waals surface area contributed by atoms with Gasteiger partial charge < -0.3 is 29.0 Å². The predicted molar refractivity (Wildman–Crippen MR) is 202 cm³/mol. The molecule has 0 bridgehead atoms. The van der Waals surface area contributed by atoms with Crippen LogP contribution in [0.1, 0.15) is 36.0 Å². The van der Waals surface area contributed by atoms with Crippen LogP contribution in [0.3, 0.4) is 0 Å². The van der Waals surface area contributed by atoms with E-state index in [0.717, 1.165) is 41.7 Å². The number of methoxy groups -OCH3 is 2. The molecular formula is C41H45ClN2O7S. The molecule has 1 fully saturated rings. The van der Waals surface area contributed by atoms with E-state index in [9.17, 15) is 13.5 Å². The number of anilines is 1. The van der Waals surface area contributed by atoms with Crippen LogP contribution in [0.15, 0.2) is 102 Å². The number of hydrogen-bond donors (Lipinski definition) is 1. The number of nitrogens with zero attached hydrogens (tertiary/aromatic N) is 2. The van der Waals surface area contributed by atoms with Crippen molar-refractivity contribution < 1.29 is 32.5 Å². The van der Waals surface area contributed by atoms with Gasteiger partial charge in [-0.1, -0.05) is 48.0 Å². The van der Waals surface area contributed by atoms with Crippen molar-refractivity contribution in [2.24, 2.45) is 11.8 Å². The Balaban J connectivity index is 1.27. The lowest BCUT2D eigenvalue weighted by Gasteiger charge is -2.45. The lowest BCUT2D eigenvalue weighted by Crippen LogP contribution is -2.50. The van der Waals surface area contributed by atoms with Gasteiger partial charge in [-0.3, -0.25) is 0 Å². The first kappa shape index (κ1) is 36.2. The number of hydrogen-bond acceptors (Lipinski definition) is 8. The number of ether oxygens (including phenoxy) is 4. The van der Waals surface area contributed by atoms with Gasteiger partial charge in [0, 0.05) is 36.8 Å². The fourth-order valence-electron chi connectivity index (χ4n) is 7.73. The Morgan fingerprint density at radius 2 is 1.62 bits per heavy atom. The van der Waals surface area contributed by atoms with E-state index in [4.69, 9.17) is 30.5 Å². The van der Waals surface area contributed by atoms with Crippen molar-refractivity contribution in [2.45, 2.75) is 48.8 Å². The van der Waals surface area contributed by atoms with Crippen molar-refractivity contribution in [1.82, 2.24) is 4.31 Å². The average molecular weight is 745 g/mol. The standard InChI is InChI=1S/C41H45ClN2O7S/c1-4-38(45)35-16-9-30(35)25-43-26-41(19-20-50-40-21-31(42)10-17-36(40)41)27-51-39-18-15-34(22-37(39)43)52(46,47)44(23-28-5-11-32(48-2)12-6-28)24-29-7-13-33(49-3)14-8-29/h4-8,10-15,17-18,21-22,30,35,38,45H,1,9,16,19-20,23-27H2,2-3H3/t30-,35+,38+,41-/m0/s1. The molecule has 1 saturated carbocycles. The monoisotopic (exact) mass is 744 g/mol. The summed E-state index contributed by atoms with van der Waals surface area (Å²) >= 11 is 6.38. The number of aliphatic hydroxyl groups is 1.